The van der Waals surface area contributed by atoms with Crippen molar-refractivity contribution >= 4 is 12.1 Å². The molecule has 40 heavy (non-hydrogen) atoms. The summed E-state index contributed by atoms with van der Waals surface area (Å²) in [4.78, 5) is 28.0. The van der Waals surface area contributed by atoms with Crippen LogP contribution in [-0.4, -0.2) is 45.4 Å². The highest BCUT2D eigenvalue weighted by Gasteiger charge is 2.39. The van der Waals surface area contributed by atoms with Gasteiger partial charge in [-0.2, -0.15) is 0 Å². The lowest BCUT2D eigenvalue weighted by molar-refractivity contribution is -0.164. The molecule has 1 amide bonds. The first-order chi connectivity index (χ1) is 18.8. The highest BCUT2D eigenvalue weighted by atomic mass is 16.6. The van der Waals surface area contributed by atoms with E-state index in [4.69, 9.17) is 9.47 Å². The third-order valence-electron chi connectivity index (χ3n) is 6.44. The third kappa shape index (κ3) is 16.7. The molecule has 0 aliphatic carbocycles. The number of ether oxygens (including phenoxy) is 2. The molecule has 0 fully saturated rings. The number of nitrogens with zero attached hydrogens (tertiary/aromatic N) is 1. The van der Waals surface area contributed by atoms with E-state index >= 15 is 0 Å². The Balaban J connectivity index is 2.82. The average molecular weight is 560 g/mol. The molecule has 0 heterocycles. The number of carbonyl (C=O) groups is 2. The molecule has 1 aromatic carbocycles. The fourth-order valence-electron chi connectivity index (χ4n) is 4.46. The molecule has 1 N–H and O–H groups in total. The van der Waals surface area contributed by atoms with Gasteiger partial charge in [-0.3, -0.25) is 4.90 Å². The van der Waals surface area contributed by atoms with Crippen LogP contribution >= 0.6 is 0 Å². The van der Waals surface area contributed by atoms with Gasteiger partial charge < -0.3 is 14.6 Å². The topological polar surface area (TPSA) is 76.1 Å². The van der Waals surface area contributed by atoms with Crippen LogP contribution in [0.4, 0.5) is 4.79 Å². The maximum absolute atomic E-state index is 13.4. The molecule has 0 spiro atoms. The van der Waals surface area contributed by atoms with Crippen LogP contribution in [-0.2, 0) is 20.8 Å². The molecule has 0 saturated heterocycles. The minimum atomic E-state index is -1.25. The third-order valence-corrected chi connectivity index (χ3v) is 6.44. The molecule has 0 radical (unpaired) electrons. The largest absolute Gasteiger partial charge is 0.458 e. The Morgan fingerprint density at radius 1 is 0.800 bits per heavy atom. The minimum Gasteiger partial charge on any atom is -0.458 e. The monoisotopic (exact) mass is 559 g/mol. The van der Waals surface area contributed by atoms with Gasteiger partial charge in [-0.25, -0.2) is 9.59 Å². The predicted molar refractivity (Wildman–Crippen MR) is 164 cm³/mol. The molecular weight excluding hydrogens is 502 g/mol. The van der Waals surface area contributed by atoms with E-state index in [1.54, 1.807) is 47.6 Å². The van der Waals surface area contributed by atoms with Crippen LogP contribution in [0.1, 0.15) is 131 Å². The number of unbranched alkanes of at least 4 members (excludes halogenated alkanes) is 11. The van der Waals surface area contributed by atoms with Crippen LogP contribution < -0.4 is 0 Å². The predicted octanol–water partition coefficient (Wildman–Crippen LogP) is 8.75. The fraction of sp³-hybridized carbons (Fsp3) is 0.706. The van der Waals surface area contributed by atoms with Crippen molar-refractivity contribution in [1.29, 1.82) is 0 Å². The van der Waals surface area contributed by atoms with Crippen LogP contribution in [0.5, 0.6) is 0 Å². The number of hydrogen-bond acceptors (Lipinski definition) is 5. The molecule has 1 rings (SSSR count). The van der Waals surface area contributed by atoms with Gasteiger partial charge in [-0.15, -0.1) is 0 Å². The SMILES string of the molecule is CCCCCCCCCCCCC/C=C/[C@H](O)[C@H](C(=O)OC(C)(C)C)N(Cc1ccccc1)C(=O)OC(C)(C)C. The van der Waals surface area contributed by atoms with E-state index in [1.165, 1.54) is 62.7 Å². The van der Waals surface area contributed by atoms with Gasteiger partial charge in [0.05, 0.1) is 6.54 Å². The molecule has 0 aromatic heterocycles. The summed E-state index contributed by atoms with van der Waals surface area (Å²) in [6.45, 7) is 13.0. The van der Waals surface area contributed by atoms with E-state index in [-0.39, 0.29) is 6.54 Å². The zero-order chi connectivity index (χ0) is 30.0. The fourth-order valence-corrected chi connectivity index (χ4v) is 4.46. The number of hydrogen-bond donors (Lipinski definition) is 1. The lowest BCUT2D eigenvalue weighted by Gasteiger charge is -2.35. The summed E-state index contributed by atoms with van der Waals surface area (Å²) in [7, 11) is 0. The first kappa shape index (κ1) is 35.7. The summed E-state index contributed by atoms with van der Waals surface area (Å²) in [6, 6.07) is 8.13. The van der Waals surface area contributed by atoms with Crippen molar-refractivity contribution in [2.75, 3.05) is 0 Å². The van der Waals surface area contributed by atoms with Crippen LogP contribution in [0.25, 0.3) is 0 Å². The first-order valence-corrected chi connectivity index (χ1v) is 15.4. The Kier molecular flexibility index (Phi) is 16.9. The molecule has 2 atom stereocenters. The Bertz CT molecular complexity index is 853. The standard InChI is InChI=1S/C34H57NO5/c1-8-9-10-11-12-13-14-15-16-17-18-19-23-26-29(36)30(31(37)39-33(2,3)4)35(32(38)40-34(5,6)7)27-28-24-21-20-22-25-28/h20-26,29-30,36H,8-19,27H2,1-7H3/b26-23+/t29-,30+/m0/s1. The van der Waals surface area contributed by atoms with Gasteiger partial charge in [0.25, 0.3) is 0 Å². The Morgan fingerprint density at radius 2 is 1.30 bits per heavy atom. The molecule has 0 saturated carbocycles. The quantitative estimate of drug-likeness (QED) is 0.111. The van der Waals surface area contributed by atoms with Crippen molar-refractivity contribution in [1.82, 2.24) is 4.90 Å². The summed E-state index contributed by atoms with van der Waals surface area (Å²) >= 11 is 0. The second-order valence-corrected chi connectivity index (χ2v) is 12.8. The van der Waals surface area contributed by atoms with Crippen molar-refractivity contribution in [3.8, 4) is 0 Å². The molecule has 0 bridgehead atoms. The lowest BCUT2D eigenvalue weighted by Crippen LogP contribution is -2.53. The van der Waals surface area contributed by atoms with Gasteiger partial charge in [0.15, 0.2) is 6.04 Å². The normalized spacial score (nSPS) is 13.7. The van der Waals surface area contributed by atoms with Crippen LogP contribution in [0.3, 0.4) is 0 Å². The van der Waals surface area contributed by atoms with Gasteiger partial charge in [0.1, 0.15) is 17.3 Å². The second-order valence-electron chi connectivity index (χ2n) is 12.8. The second kappa shape index (κ2) is 18.9. The molecule has 6 heteroatoms. The number of carbonyl (C=O) groups excluding carboxylic acids is 2. The van der Waals surface area contributed by atoms with E-state index in [1.807, 2.05) is 36.4 Å². The Labute approximate surface area is 244 Å². The van der Waals surface area contributed by atoms with E-state index in [0.29, 0.717) is 0 Å². The Morgan fingerprint density at radius 3 is 1.80 bits per heavy atom. The van der Waals surface area contributed by atoms with E-state index in [0.717, 1.165) is 24.8 Å². The van der Waals surface area contributed by atoms with E-state index < -0.39 is 35.4 Å². The van der Waals surface area contributed by atoms with Crippen molar-refractivity contribution in [3.05, 3.63) is 48.0 Å². The number of allylic oxidation sites excluding steroid dienone is 1. The smallest absolute Gasteiger partial charge is 0.411 e. The van der Waals surface area contributed by atoms with Crippen molar-refractivity contribution in [3.63, 3.8) is 0 Å². The maximum Gasteiger partial charge on any atom is 0.411 e. The summed E-state index contributed by atoms with van der Waals surface area (Å²) in [5.41, 5.74) is -0.722. The molecule has 1 aromatic rings. The van der Waals surface area contributed by atoms with E-state index in [9.17, 15) is 14.7 Å². The zero-order valence-corrected chi connectivity index (χ0v) is 26.4. The molecule has 0 unspecified atom stereocenters. The van der Waals surface area contributed by atoms with Gasteiger partial charge in [-0.1, -0.05) is 114 Å². The minimum absolute atomic E-state index is 0.100. The number of benzene rings is 1. The van der Waals surface area contributed by atoms with Crippen molar-refractivity contribution in [2.24, 2.45) is 0 Å². The summed E-state index contributed by atoms with van der Waals surface area (Å²) in [6.07, 6.45) is 16.4. The zero-order valence-electron chi connectivity index (χ0n) is 26.4. The number of esters is 1. The molecule has 0 aliphatic heterocycles. The lowest BCUT2D eigenvalue weighted by atomic mass is 10.0. The number of aliphatic hydroxyl groups excluding tert-OH is 1. The van der Waals surface area contributed by atoms with Gasteiger partial charge in [-0.05, 0) is 59.9 Å². The van der Waals surface area contributed by atoms with Crippen LogP contribution in [0, 0.1) is 0 Å². The highest BCUT2D eigenvalue weighted by Crippen LogP contribution is 2.21. The number of amides is 1. The first-order valence-electron chi connectivity index (χ1n) is 15.4. The summed E-state index contributed by atoms with van der Waals surface area (Å²) in [5, 5.41) is 11.2. The maximum atomic E-state index is 13.4. The van der Waals surface area contributed by atoms with Crippen LogP contribution in [0.2, 0.25) is 0 Å². The van der Waals surface area contributed by atoms with E-state index in [2.05, 4.69) is 6.92 Å². The van der Waals surface area contributed by atoms with Crippen molar-refractivity contribution in [2.45, 2.75) is 155 Å². The summed E-state index contributed by atoms with van der Waals surface area (Å²) in [5.74, 6) is -0.666. The highest BCUT2D eigenvalue weighted by molar-refractivity contribution is 5.83. The average Bonchev–Trinajstić information content (AvgIpc) is 2.85. The van der Waals surface area contributed by atoms with Gasteiger partial charge in [0.2, 0.25) is 0 Å². The number of aliphatic hydroxyl groups is 1. The van der Waals surface area contributed by atoms with Gasteiger partial charge in [0, 0.05) is 0 Å². The molecular formula is C34H57NO5. The molecule has 6 nitrogen and oxygen atoms in total. The van der Waals surface area contributed by atoms with Crippen LogP contribution in [0.15, 0.2) is 42.5 Å². The van der Waals surface area contributed by atoms with Crippen molar-refractivity contribution < 1.29 is 24.2 Å². The molecule has 0 aliphatic rings. The Hall–Kier alpha value is -2.34. The number of rotatable bonds is 18. The summed E-state index contributed by atoms with van der Waals surface area (Å²) < 4.78 is 11.3. The van der Waals surface area contributed by atoms with Gasteiger partial charge >= 0.3 is 12.1 Å². The molecule has 228 valence electrons.